The summed E-state index contributed by atoms with van der Waals surface area (Å²) >= 11 is 3.49. The van der Waals surface area contributed by atoms with E-state index in [1.807, 2.05) is 24.3 Å². The molecule has 0 aliphatic carbocycles. The summed E-state index contributed by atoms with van der Waals surface area (Å²) in [7, 11) is 1.61. The van der Waals surface area contributed by atoms with Gasteiger partial charge in [-0.05, 0) is 24.1 Å². The maximum absolute atomic E-state index is 11.8. The molecule has 5 heteroatoms. The van der Waals surface area contributed by atoms with E-state index in [0.29, 0.717) is 13.0 Å². The zero-order valence-electron chi connectivity index (χ0n) is 9.54. The van der Waals surface area contributed by atoms with Crippen LogP contribution in [-0.2, 0) is 4.74 Å². The molecule has 17 heavy (non-hydrogen) atoms. The minimum Gasteiger partial charge on any atom is -0.497 e. The van der Waals surface area contributed by atoms with Crippen molar-refractivity contribution in [3.63, 3.8) is 0 Å². The molecule has 0 bridgehead atoms. The van der Waals surface area contributed by atoms with Crippen LogP contribution in [0.15, 0.2) is 24.3 Å². The molecule has 0 fully saturated rings. The first-order chi connectivity index (χ1) is 8.13. The lowest BCUT2D eigenvalue weighted by Gasteiger charge is -2.11. The summed E-state index contributed by atoms with van der Waals surface area (Å²) in [5.74, 6) is 0.794. The van der Waals surface area contributed by atoms with Gasteiger partial charge >= 0.3 is 0 Å². The van der Waals surface area contributed by atoms with Gasteiger partial charge in [0.15, 0.2) is 0 Å². The number of methoxy groups -OCH3 is 1. The highest BCUT2D eigenvalue weighted by Crippen LogP contribution is 2.27. The van der Waals surface area contributed by atoms with Gasteiger partial charge < -0.3 is 9.47 Å². The lowest BCUT2D eigenvalue weighted by atomic mass is 10.1. The number of benzene rings is 1. The minimum atomic E-state index is -2.40. The number of alkyl halides is 3. The molecule has 0 amide bonds. The van der Waals surface area contributed by atoms with E-state index in [1.54, 1.807) is 7.11 Å². The Morgan fingerprint density at radius 2 is 1.88 bits per heavy atom. The Kier molecular flexibility index (Phi) is 6.44. The highest BCUT2D eigenvalue weighted by Gasteiger charge is 2.08. The lowest BCUT2D eigenvalue weighted by molar-refractivity contribution is 0.0167. The summed E-state index contributed by atoms with van der Waals surface area (Å²) in [6, 6.07) is 7.60. The second kappa shape index (κ2) is 7.61. The molecule has 0 aromatic heterocycles. The summed E-state index contributed by atoms with van der Waals surface area (Å²) in [5, 5.41) is 0. The van der Waals surface area contributed by atoms with E-state index >= 15 is 0 Å². The van der Waals surface area contributed by atoms with Crippen molar-refractivity contribution in [3.05, 3.63) is 29.8 Å². The van der Waals surface area contributed by atoms with Crippen molar-refractivity contribution in [1.29, 1.82) is 0 Å². The Hall–Kier alpha value is -0.680. The van der Waals surface area contributed by atoms with Gasteiger partial charge in [0.05, 0.1) is 7.11 Å². The standard InChI is InChI=1S/C12H15BrF2O2/c1-16-10-4-2-9(3-5-10)11(13)6-7-17-8-12(14)15/h2-5,11-12H,6-8H2,1H3. The largest absolute Gasteiger partial charge is 0.497 e. The predicted octanol–water partition coefficient (Wildman–Crippen LogP) is 3.80. The van der Waals surface area contributed by atoms with Crippen molar-refractivity contribution in [2.45, 2.75) is 17.7 Å². The molecule has 0 saturated heterocycles. The minimum absolute atomic E-state index is 0.103. The van der Waals surface area contributed by atoms with Crippen molar-refractivity contribution in [1.82, 2.24) is 0 Å². The Morgan fingerprint density at radius 1 is 1.24 bits per heavy atom. The van der Waals surface area contributed by atoms with Crippen molar-refractivity contribution in [2.24, 2.45) is 0 Å². The third-order valence-electron chi connectivity index (χ3n) is 2.24. The van der Waals surface area contributed by atoms with E-state index in [-0.39, 0.29) is 4.83 Å². The number of rotatable bonds is 7. The Morgan fingerprint density at radius 3 is 2.41 bits per heavy atom. The highest BCUT2D eigenvalue weighted by atomic mass is 79.9. The molecular formula is C12H15BrF2O2. The summed E-state index contributed by atoms with van der Waals surface area (Å²) in [6.07, 6.45) is -1.75. The van der Waals surface area contributed by atoms with Gasteiger partial charge in [0, 0.05) is 11.4 Å². The number of hydrogen-bond donors (Lipinski definition) is 0. The average Bonchev–Trinajstić information content (AvgIpc) is 2.34. The third kappa shape index (κ3) is 5.46. The van der Waals surface area contributed by atoms with E-state index in [0.717, 1.165) is 11.3 Å². The molecule has 0 saturated carbocycles. The fourth-order valence-electron chi connectivity index (χ4n) is 1.34. The summed E-state index contributed by atoms with van der Waals surface area (Å²) < 4.78 is 33.5. The first kappa shape index (κ1) is 14.4. The van der Waals surface area contributed by atoms with Gasteiger partial charge in [0.1, 0.15) is 12.4 Å². The molecule has 0 aliphatic heterocycles. The molecule has 0 spiro atoms. The van der Waals surface area contributed by atoms with Crippen LogP contribution in [0.5, 0.6) is 5.75 Å². The van der Waals surface area contributed by atoms with Crippen LogP contribution in [0.4, 0.5) is 8.78 Å². The maximum atomic E-state index is 11.8. The fourth-order valence-corrected chi connectivity index (χ4v) is 1.83. The van der Waals surface area contributed by atoms with Crippen molar-refractivity contribution >= 4 is 15.9 Å². The van der Waals surface area contributed by atoms with Gasteiger partial charge in [0.25, 0.3) is 6.43 Å². The molecule has 0 heterocycles. The first-order valence-corrected chi connectivity index (χ1v) is 6.19. The monoisotopic (exact) mass is 308 g/mol. The van der Waals surface area contributed by atoms with E-state index in [4.69, 9.17) is 9.47 Å². The van der Waals surface area contributed by atoms with Gasteiger partial charge in [0.2, 0.25) is 0 Å². The predicted molar refractivity (Wildman–Crippen MR) is 66.1 cm³/mol. The molecule has 0 aliphatic rings. The van der Waals surface area contributed by atoms with Crippen LogP contribution in [0, 0.1) is 0 Å². The van der Waals surface area contributed by atoms with Crippen molar-refractivity contribution in [2.75, 3.05) is 20.3 Å². The normalized spacial score (nSPS) is 12.8. The van der Waals surface area contributed by atoms with E-state index < -0.39 is 13.0 Å². The molecule has 96 valence electrons. The van der Waals surface area contributed by atoms with Gasteiger partial charge in [-0.2, -0.15) is 0 Å². The van der Waals surface area contributed by atoms with Crippen LogP contribution in [0.1, 0.15) is 16.8 Å². The van der Waals surface area contributed by atoms with Crippen LogP contribution in [-0.4, -0.2) is 26.7 Å². The van der Waals surface area contributed by atoms with Crippen LogP contribution < -0.4 is 4.74 Å². The quantitative estimate of drug-likeness (QED) is 0.563. The Labute approximate surface area is 108 Å². The SMILES string of the molecule is COc1ccc(C(Br)CCOCC(F)F)cc1. The van der Waals surface area contributed by atoms with E-state index in [2.05, 4.69) is 15.9 Å². The highest BCUT2D eigenvalue weighted by molar-refractivity contribution is 9.09. The number of halogens is 3. The molecular weight excluding hydrogens is 294 g/mol. The van der Waals surface area contributed by atoms with E-state index in [9.17, 15) is 8.78 Å². The molecule has 1 rings (SSSR count). The zero-order valence-corrected chi connectivity index (χ0v) is 11.1. The van der Waals surface area contributed by atoms with Crippen LogP contribution in [0.2, 0.25) is 0 Å². The van der Waals surface area contributed by atoms with Crippen molar-refractivity contribution in [3.8, 4) is 5.75 Å². The van der Waals surface area contributed by atoms with Gasteiger partial charge in [-0.25, -0.2) is 8.78 Å². The second-order valence-electron chi connectivity index (χ2n) is 3.50. The lowest BCUT2D eigenvalue weighted by Crippen LogP contribution is -2.06. The fraction of sp³-hybridized carbons (Fsp3) is 0.500. The summed E-state index contributed by atoms with van der Waals surface area (Å²) in [5.41, 5.74) is 1.08. The van der Waals surface area contributed by atoms with Gasteiger partial charge in [-0.1, -0.05) is 28.1 Å². The molecule has 2 nitrogen and oxygen atoms in total. The molecule has 1 atom stereocenters. The Balaban J connectivity index is 2.33. The average molecular weight is 309 g/mol. The van der Waals surface area contributed by atoms with E-state index in [1.165, 1.54) is 0 Å². The zero-order chi connectivity index (χ0) is 12.7. The maximum Gasteiger partial charge on any atom is 0.261 e. The molecule has 0 N–H and O–H groups in total. The summed E-state index contributed by atoms with van der Waals surface area (Å²) in [4.78, 5) is 0.103. The molecule has 0 radical (unpaired) electrons. The molecule has 1 aromatic rings. The molecule has 1 aromatic carbocycles. The first-order valence-electron chi connectivity index (χ1n) is 5.27. The number of ether oxygens (including phenoxy) is 2. The molecule has 1 unspecified atom stereocenters. The third-order valence-corrected chi connectivity index (χ3v) is 3.22. The Bertz CT molecular complexity index is 317. The topological polar surface area (TPSA) is 18.5 Å². The summed E-state index contributed by atoms with van der Waals surface area (Å²) in [6.45, 7) is -0.186. The second-order valence-corrected chi connectivity index (χ2v) is 4.60. The van der Waals surface area contributed by atoms with Gasteiger partial charge in [-0.15, -0.1) is 0 Å². The van der Waals surface area contributed by atoms with Crippen molar-refractivity contribution < 1.29 is 18.3 Å². The van der Waals surface area contributed by atoms with Gasteiger partial charge in [-0.3, -0.25) is 0 Å². The van der Waals surface area contributed by atoms with Crippen LogP contribution in [0.25, 0.3) is 0 Å². The number of hydrogen-bond acceptors (Lipinski definition) is 2. The van der Waals surface area contributed by atoms with Crippen LogP contribution in [0.3, 0.4) is 0 Å². The smallest absolute Gasteiger partial charge is 0.261 e. The van der Waals surface area contributed by atoms with Crippen LogP contribution >= 0.6 is 15.9 Å².